The standard InChI is InChI=1S/C23H38FNO3S/c1-18-17-25(22(24)19(2)28-18)21-14-12-20(13-15-21)11-9-7-6-8-10-16-29(26,27)23(3,4)5/h12-15,18-19,22H,6-11,16-17H2,1-5H3/t18-,19+,22?/m0/s1. The van der Waals surface area contributed by atoms with E-state index in [1.54, 1.807) is 32.6 Å². The van der Waals surface area contributed by atoms with Gasteiger partial charge in [-0.2, -0.15) is 0 Å². The van der Waals surface area contributed by atoms with Gasteiger partial charge >= 0.3 is 0 Å². The number of hydrogen-bond acceptors (Lipinski definition) is 4. The van der Waals surface area contributed by atoms with Gasteiger partial charge in [-0.25, -0.2) is 12.8 Å². The van der Waals surface area contributed by atoms with E-state index < -0.39 is 27.0 Å². The Kier molecular flexibility index (Phi) is 8.53. The second-order valence-corrected chi connectivity index (χ2v) is 12.2. The SMILES string of the molecule is C[C@H]1CN(c2ccc(CCCCCCCS(=O)(=O)C(C)(C)C)cc2)C(F)[C@@H](C)O1. The summed E-state index contributed by atoms with van der Waals surface area (Å²) < 4.78 is 43.5. The minimum Gasteiger partial charge on any atom is -0.369 e. The van der Waals surface area contributed by atoms with Crippen LogP contribution in [0.15, 0.2) is 24.3 Å². The van der Waals surface area contributed by atoms with Crippen LogP contribution in [0, 0.1) is 0 Å². The fourth-order valence-corrected chi connectivity index (χ4v) is 4.86. The second-order valence-electron chi connectivity index (χ2n) is 9.29. The minimum absolute atomic E-state index is 0.0232. The molecular weight excluding hydrogens is 389 g/mol. The van der Waals surface area contributed by atoms with Crippen molar-refractivity contribution in [2.24, 2.45) is 0 Å². The molecule has 29 heavy (non-hydrogen) atoms. The van der Waals surface area contributed by atoms with Crippen LogP contribution in [0.2, 0.25) is 0 Å². The molecule has 0 bridgehead atoms. The van der Waals surface area contributed by atoms with Gasteiger partial charge in [0.2, 0.25) is 0 Å². The lowest BCUT2D eigenvalue weighted by molar-refractivity contribution is -0.0614. The molecular formula is C23H38FNO3S. The summed E-state index contributed by atoms with van der Waals surface area (Å²) in [7, 11) is -3.00. The third-order valence-corrected chi connectivity index (χ3v) is 8.36. The molecule has 1 unspecified atom stereocenters. The van der Waals surface area contributed by atoms with Gasteiger partial charge in [0, 0.05) is 12.2 Å². The largest absolute Gasteiger partial charge is 0.369 e. The number of alkyl halides is 1. The van der Waals surface area contributed by atoms with Gasteiger partial charge in [0.15, 0.2) is 16.1 Å². The predicted octanol–water partition coefficient (Wildman–Crippen LogP) is 5.30. The summed E-state index contributed by atoms with van der Waals surface area (Å²) in [5, 5.41) is 0. The second kappa shape index (κ2) is 10.3. The number of halogens is 1. The van der Waals surface area contributed by atoms with Crippen molar-refractivity contribution in [2.75, 3.05) is 17.2 Å². The molecule has 1 heterocycles. The number of nitrogens with zero attached hydrogens (tertiary/aromatic N) is 1. The van der Waals surface area contributed by atoms with Crippen molar-refractivity contribution in [1.82, 2.24) is 0 Å². The number of hydrogen-bond donors (Lipinski definition) is 0. The molecule has 166 valence electrons. The van der Waals surface area contributed by atoms with E-state index in [0.29, 0.717) is 6.54 Å². The molecule has 0 radical (unpaired) electrons. The summed E-state index contributed by atoms with van der Waals surface area (Å²) in [5.74, 6) is 0.284. The monoisotopic (exact) mass is 427 g/mol. The first-order valence-electron chi connectivity index (χ1n) is 10.9. The lowest BCUT2D eigenvalue weighted by Crippen LogP contribution is -2.51. The number of anilines is 1. The molecule has 4 nitrogen and oxygen atoms in total. The Morgan fingerprint density at radius 1 is 1.03 bits per heavy atom. The van der Waals surface area contributed by atoms with Gasteiger partial charge in [-0.3, -0.25) is 0 Å². The summed E-state index contributed by atoms with van der Waals surface area (Å²) >= 11 is 0. The maximum absolute atomic E-state index is 14.5. The maximum Gasteiger partial charge on any atom is 0.198 e. The number of sulfone groups is 1. The van der Waals surface area contributed by atoms with Gasteiger partial charge < -0.3 is 9.64 Å². The molecule has 0 N–H and O–H groups in total. The van der Waals surface area contributed by atoms with E-state index in [1.165, 1.54) is 5.56 Å². The number of ether oxygens (including phenoxy) is 1. The number of unbranched alkanes of at least 4 members (excludes halogenated alkanes) is 4. The molecule has 1 aliphatic rings. The predicted molar refractivity (Wildman–Crippen MR) is 119 cm³/mol. The molecule has 2 rings (SSSR count). The molecule has 0 aromatic heterocycles. The fourth-order valence-electron chi connectivity index (χ4n) is 3.67. The third kappa shape index (κ3) is 6.95. The van der Waals surface area contributed by atoms with Crippen molar-refractivity contribution in [2.45, 2.75) is 96.4 Å². The number of aryl methyl sites for hydroxylation is 1. The summed E-state index contributed by atoms with van der Waals surface area (Å²) in [6.07, 6.45) is 4.44. The molecule has 6 heteroatoms. The normalized spacial score (nSPS) is 23.4. The van der Waals surface area contributed by atoms with Gasteiger partial charge in [0.25, 0.3) is 0 Å². The number of benzene rings is 1. The van der Waals surface area contributed by atoms with E-state index in [1.807, 2.05) is 19.1 Å². The average Bonchev–Trinajstić information content (AvgIpc) is 2.63. The zero-order valence-corrected chi connectivity index (χ0v) is 19.5. The van der Waals surface area contributed by atoms with E-state index in [-0.39, 0.29) is 11.9 Å². The molecule has 1 fully saturated rings. The Balaban J connectivity index is 1.69. The van der Waals surface area contributed by atoms with Gasteiger partial charge in [0.1, 0.15) is 6.10 Å². The topological polar surface area (TPSA) is 46.6 Å². The van der Waals surface area contributed by atoms with Crippen LogP contribution in [-0.2, 0) is 21.0 Å². The highest BCUT2D eigenvalue weighted by Crippen LogP contribution is 2.26. The van der Waals surface area contributed by atoms with Gasteiger partial charge in [-0.15, -0.1) is 0 Å². The molecule has 0 saturated carbocycles. The molecule has 1 aliphatic heterocycles. The Labute approximate surface area is 176 Å². The van der Waals surface area contributed by atoms with E-state index in [4.69, 9.17) is 4.74 Å². The van der Waals surface area contributed by atoms with Crippen LogP contribution in [0.5, 0.6) is 0 Å². The molecule has 0 aliphatic carbocycles. The third-order valence-electron chi connectivity index (χ3n) is 5.67. The van der Waals surface area contributed by atoms with Crippen LogP contribution < -0.4 is 4.90 Å². The smallest absolute Gasteiger partial charge is 0.198 e. The van der Waals surface area contributed by atoms with Crippen molar-refractivity contribution < 1.29 is 17.5 Å². The van der Waals surface area contributed by atoms with Gasteiger partial charge in [-0.05, 0) is 71.6 Å². The summed E-state index contributed by atoms with van der Waals surface area (Å²) in [6, 6.07) is 8.18. The molecule has 1 aromatic carbocycles. The lowest BCUT2D eigenvalue weighted by atomic mass is 10.0. The van der Waals surface area contributed by atoms with Crippen LogP contribution in [0.4, 0.5) is 10.1 Å². The number of morpholine rings is 1. The van der Waals surface area contributed by atoms with E-state index in [0.717, 1.165) is 44.2 Å². The van der Waals surface area contributed by atoms with E-state index in [2.05, 4.69) is 12.1 Å². The highest BCUT2D eigenvalue weighted by Gasteiger charge is 2.32. The zero-order chi connectivity index (χ0) is 21.7. The van der Waals surface area contributed by atoms with Crippen LogP contribution in [0.1, 0.15) is 72.3 Å². The first-order valence-corrected chi connectivity index (χ1v) is 12.5. The first kappa shape index (κ1) is 24.1. The van der Waals surface area contributed by atoms with Crippen LogP contribution >= 0.6 is 0 Å². The summed E-state index contributed by atoms with van der Waals surface area (Å²) in [5.41, 5.74) is 2.16. The Morgan fingerprint density at radius 3 is 2.24 bits per heavy atom. The maximum atomic E-state index is 14.5. The minimum atomic E-state index is -3.00. The van der Waals surface area contributed by atoms with Crippen molar-refractivity contribution in [3.05, 3.63) is 29.8 Å². The summed E-state index contributed by atoms with van der Waals surface area (Å²) in [4.78, 5) is 1.79. The van der Waals surface area contributed by atoms with Crippen molar-refractivity contribution in [3.63, 3.8) is 0 Å². The van der Waals surface area contributed by atoms with Gasteiger partial charge in [-0.1, -0.05) is 31.4 Å². The Hall–Kier alpha value is -1.14. The lowest BCUT2D eigenvalue weighted by Gasteiger charge is -2.39. The molecule has 0 spiro atoms. The molecule has 1 saturated heterocycles. The van der Waals surface area contributed by atoms with Crippen molar-refractivity contribution >= 4 is 15.5 Å². The first-order chi connectivity index (χ1) is 13.5. The summed E-state index contributed by atoms with van der Waals surface area (Å²) in [6.45, 7) is 9.61. The molecule has 3 atom stereocenters. The van der Waals surface area contributed by atoms with Crippen LogP contribution in [0.25, 0.3) is 0 Å². The van der Waals surface area contributed by atoms with Crippen molar-refractivity contribution in [3.8, 4) is 0 Å². The van der Waals surface area contributed by atoms with Gasteiger partial charge in [0.05, 0.1) is 16.6 Å². The average molecular weight is 428 g/mol. The van der Waals surface area contributed by atoms with Crippen molar-refractivity contribution in [1.29, 1.82) is 0 Å². The molecule has 1 aromatic rings. The van der Waals surface area contributed by atoms with Crippen LogP contribution in [-0.4, -0.2) is 44.0 Å². The Bertz CT molecular complexity index is 727. The van der Waals surface area contributed by atoms with E-state index in [9.17, 15) is 12.8 Å². The zero-order valence-electron chi connectivity index (χ0n) is 18.7. The quantitative estimate of drug-likeness (QED) is 0.396. The Morgan fingerprint density at radius 2 is 1.62 bits per heavy atom. The van der Waals surface area contributed by atoms with E-state index >= 15 is 0 Å². The fraction of sp³-hybridized carbons (Fsp3) is 0.739. The van der Waals surface area contributed by atoms with Crippen LogP contribution in [0.3, 0.4) is 0 Å². The highest BCUT2D eigenvalue weighted by atomic mass is 32.2. The number of rotatable bonds is 9. The molecule has 0 amide bonds. The highest BCUT2D eigenvalue weighted by molar-refractivity contribution is 7.92.